The second-order valence-electron chi connectivity index (χ2n) is 7.83. The first-order chi connectivity index (χ1) is 13.8. The van der Waals surface area contributed by atoms with Crippen molar-refractivity contribution >= 4 is 11.7 Å². The summed E-state index contributed by atoms with van der Waals surface area (Å²) in [6.07, 6.45) is 2.67. The highest BCUT2D eigenvalue weighted by Gasteiger charge is 2.46. The Morgan fingerprint density at radius 1 is 1.31 bits per heavy atom. The number of alkyl halides is 3. The van der Waals surface area contributed by atoms with Crippen LogP contribution in [0.25, 0.3) is 0 Å². The van der Waals surface area contributed by atoms with E-state index in [9.17, 15) is 18.0 Å². The number of aromatic nitrogens is 4. The van der Waals surface area contributed by atoms with Crippen molar-refractivity contribution in [3.05, 3.63) is 30.5 Å². The number of carbonyl (C=O) groups is 1. The molecule has 7 nitrogen and oxygen atoms in total. The summed E-state index contributed by atoms with van der Waals surface area (Å²) in [5, 5.41) is 7.53. The Bertz CT molecular complexity index is 839. The number of halogens is 3. The molecule has 2 aromatic heterocycles. The van der Waals surface area contributed by atoms with E-state index >= 15 is 0 Å². The van der Waals surface area contributed by atoms with Gasteiger partial charge in [0.25, 0.3) is 0 Å². The highest BCUT2D eigenvalue weighted by molar-refractivity contribution is 5.76. The first kappa shape index (κ1) is 19.8. The summed E-state index contributed by atoms with van der Waals surface area (Å²) in [5.74, 6) is 0.523. The lowest BCUT2D eigenvalue weighted by atomic mass is 9.93. The number of anilines is 1. The summed E-state index contributed by atoms with van der Waals surface area (Å²) < 4.78 is 43.4. The van der Waals surface area contributed by atoms with Crippen LogP contribution in [-0.4, -0.2) is 55.4 Å². The quantitative estimate of drug-likeness (QED) is 0.841. The molecule has 1 N–H and O–H groups in total. The van der Waals surface area contributed by atoms with Gasteiger partial charge in [-0.2, -0.15) is 18.3 Å². The molecule has 0 radical (unpaired) electrons. The molecule has 1 amide bonds. The molecule has 2 atom stereocenters. The normalized spacial score (nSPS) is 23.0. The van der Waals surface area contributed by atoms with E-state index in [0.29, 0.717) is 43.9 Å². The van der Waals surface area contributed by atoms with E-state index in [2.05, 4.69) is 15.4 Å². The zero-order valence-electron chi connectivity index (χ0n) is 16.3. The minimum atomic E-state index is -4.32. The lowest BCUT2D eigenvalue weighted by Crippen LogP contribution is -2.40. The molecule has 0 aliphatic carbocycles. The minimum Gasteiger partial charge on any atom is -0.367 e. The second kappa shape index (κ2) is 7.72. The number of imidazole rings is 1. The fraction of sp³-hybridized carbons (Fsp3) is 0.632. The lowest BCUT2D eigenvalue weighted by molar-refractivity contribution is -0.173. The zero-order valence-corrected chi connectivity index (χ0v) is 16.3. The predicted octanol–water partition coefficient (Wildman–Crippen LogP) is 3.18. The average Bonchev–Trinajstić information content (AvgIpc) is 3.35. The summed E-state index contributed by atoms with van der Waals surface area (Å²) in [6.45, 7) is 3.29. The molecule has 2 aromatic rings. The maximum absolute atomic E-state index is 13.5. The molecule has 4 rings (SSSR count). The molecule has 10 heteroatoms. The Morgan fingerprint density at radius 2 is 2.07 bits per heavy atom. The van der Waals surface area contributed by atoms with E-state index in [1.807, 2.05) is 6.92 Å². The average molecular weight is 410 g/mol. The standard InChI is InChI=1S/C19H25F3N6O/c1-2-14-9-16(19(20,21)22)28-17(24-14)10-15(25-28)13-3-6-27(7-4-13)18(29)11-26-8-5-23-12-26/h5,8,10,12-14,16,24H,2-4,6-7,9,11H2,1H3/t14-,16-/m1/s1. The highest BCUT2D eigenvalue weighted by atomic mass is 19.4. The molecule has 1 fully saturated rings. The molecule has 0 bridgehead atoms. The molecule has 29 heavy (non-hydrogen) atoms. The molecule has 0 saturated carbocycles. The molecule has 0 spiro atoms. The van der Waals surface area contributed by atoms with Gasteiger partial charge in [0.2, 0.25) is 5.91 Å². The molecule has 2 aliphatic rings. The topological polar surface area (TPSA) is 68.0 Å². The second-order valence-corrected chi connectivity index (χ2v) is 7.83. The van der Waals surface area contributed by atoms with Gasteiger partial charge >= 0.3 is 6.18 Å². The van der Waals surface area contributed by atoms with E-state index in [1.54, 1.807) is 34.3 Å². The number of fused-ring (bicyclic) bond motifs is 1. The van der Waals surface area contributed by atoms with Crippen LogP contribution in [0, 0.1) is 0 Å². The van der Waals surface area contributed by atoms with Crippen molar-refractivity contribution in [2.24, 2.45) is 0 Å². The third-order valence-electron chi connectivity index (χ3n) is 5.92. The number of amides is 1. The van der Waals surface area contributed by atoms with Gasteiger partial charge < -0.3 is 14.8 Å². The van der Waals surface area contributed by atoms with Gasteiger partial charge in [-0.15, -0.1) is 0 Å². The molecule has 158 valence electrons. The number of nitrogens with zero attached hydrogens (tertiary/aromatic N) is 5. The van der Waals surface area contributed by atoms with Gasteiger partial charge in [-0.25, -0.2) is 9.67 Å². The number of nitrogens with one attached hydrogen (secondary N) is 1. The van der Waals surface area contributed by atoms with Crippen LogP contribution in [0.5, 0.6) is 0 Å². The molecule has 4 heterocycles. The first-order valence-corrected chi connectivity index (χ1v) is 10.0. The maximum atomic E-state index is 13.5. The highest BCUT2D eigenvalue weighted by Crippen LogP contribution is 2.41. The van der Waals surface area contributed by atoms with Crippen molar-refractivity contribution < 1.29 is 18.0 Å². The third-order valence-corrected chi connectivity index (χ3v) is 5.92. The Kier molecular flexibility index (Phi) is 5.26. The molecule has 1 saturated heterocycles. The Balaban J connectivity index is 1.43. The van der Waals surface area contributed by atoms with Gasteiger partial charge in [0.15, 0.2) is 6.04 Å². The first-order valence-electron chi connectivity index (χ1n) is 10.0. The number of hydrogen-bond acceptors (Lipinski definition) is 4. The lowest BCUT2D eigenvalue weighted by Gasteiger charge is -2.32. The Morgan fingerprint density at radius 3 is 2.69 bits per heavy atom. The SMILES string of the molecule is CC[C@@H]1C[C@H](C(F)(F)F)n2nc(C3CCN(C(=O)Cn4ccnc4)CC3)cc2N1. The Labute approximate surface area is 166 Å². The molecular formula is C19H25F3N6O. The van der Waals surface area contributed by atoms with E-state index in [1.165, 1.54) is 0 Å². The molecule has 0 aromatic carbocycles. The number of piperidine rings is 1. The van der Waals surface area contributed by atoms with Gasteiger partial charge in [-0.3, -0.25) is 4.79 Å². The van der Waals surface area contributed by atoms with Gasteiger partial charge in [0.1, 0.15) is 12.4 Å². The van der Waals surface area contributed by atoms with E-state index in [0.717, 1.165) is 4.68 Å². The summed E-state index contributed by atoms with van der Waals surface area (Å²) >= 11 is 0. The van der Waals surface area contributed by atoms with Crippen molar-refractivity contribution in [1.29, 1.82) is 0 Å². The van der Waals surface area contributed by atoms with Crippen LogP contribution in [0.15, 0.2) is 24.8 Å². The van der Waals surface area contributed by atoms with Crippen LogP contribution in [0.4, 0.5) is 19.0 Å². The van der Waals surface area contributed by atoms with Gasteiger partial charge in [0.05, 0.1) is 12.0 Å². The number of carbonyl (C=O) groups excluding carboxylic acids is 1. The van der Waals surface area contributed by atoms with Crippen molar-refractivity contribution in [3.63, 3.8) is 0 Å². The number of likely N-dealkylation sites (tertiary alicyclic amines) is 1. The summed E-state index contributed by atoms with van der Waals surface area (Å²) in [7, 11) is 0. The number of hydrogen-bond donors (Lipinski definition) is 1. The van der Waals surface area contributed by atoms with E-state index in [-0.39, 0.29) is 30.8 Å². The fourth-order valence-electron chi connectivity index (χ4n) is 4.20. The van der Waals surface area contributed by atoms with Crippen LogP contribution >= 0.6 is 0 Å². The molecule has 2 aliphatic heterocycles. The van der Waals surface area contributed by atoms with Crippen LogP contribution in [0.2, 0.25) is 0 Å². The third kappa shape index (κ3) is 4.11. The summed E-state index contributed by atoms with van der Waals surface area (Å²) in [6, 6.07) is -0.0376. The van der Waals surface area contributed by atoms with Crippen molar-refractivity contribution in [3.8, 4) is 0 Å². The van der Waals surface area contributed by atoms with Crippen molar-refractivity contribution in [2.45, 2.75) is 63.3 Å². The van der Waals surface area contributed by atoms with Crippen molar-refractivity contribution in [2.75, 3.05) is 18.4 Å². The van der Waals surface area contributed by atoms with Crippen molar-refractivity contribution in [1.82, 2.24) is 24.2 Å². The minimum absolute atomic E-state index is 0.00465. The van der Waals surface area contributed by atoms with Crippen LogP contribution in [0.1, 0.15) is 50.3 Å². The summed E-state index contributed by atoms with van der Waals surface area (Å²) in [5.41, 5.74) is 0.681. The number of rotatable bonds is 4. The molecule has 0 unspecified atom stereocenters. The summed E-state index contributed by atoms with van der Waals surface area (Å²) in [4.78, 5) is 18.1. The largest absolute Gasteiger partial charge is 0.410 e. The predicted molar refractivity (Wildman–Crippen MR) is 100 cm³/mol. The van der Waals surface area contributed by atoms with Crippen LogP contribution in [-0.2, 0) is 11.3 Å². The maximum Gasteiger partial charge on any atom is 0.410 e. The fourth-order valence-corrected chi connectivity index (χ4v) is 4.20. The van der Waals surface area contributed by atoms with Gasteiger partial charge in [-0.1, -0.05) is 6.92 Å². The smallest absolute Gasteiger partial charge is 0.367 e. The molecular weight excluding hydrogens is 385 g/mol. The Hall–Kier alpha value is -2.52. The van der Waals surface area contributed by atoms with Crippen LogP contribution < -0.4 is 5.32 Å². The van der Waals surface area contributed by atoms with E-state index in [4.69, 9.17) is 0 Å². The zero-order chi connectivity index (χ0) is 20.6. The van der Waals surface area contributed by atoms with Crippen LogP contribution in [0.3, 0.4) is 0 Å². The van der Waals surface area contributed by atoms with E-state index < -0.39 is 12.2 Å². The van der Waals surface area contributed by atoms with Gasteiger partial charge in [-0.05, 0) is 25.7 Å². The van der Waals surface area contributed by atoms with Gasteiger partial charge in [0, 0.05) is 43.5 Å². The monoisotopic (exact) mass is 410 g/mol.